The van der Waals surface area contributed by atoms with E-state index in [-0.39, 0.29) is 5.56 Å². The van der Waals surface area contributed by atoms with E-state index in [1.54, 1.807) is 30.5 Å². The summed E-state index contributed by atoms with van der Waals surface area (Å²) in [6.07, 6.45) is 1.64. The highest BCUT2D eigenvalue weighted by atomic mass is 79.9. The number of hydrogen-bond donors (Lipinski definition) is 0. The van der Waals surface area contributed by atoms with Gasteiger partial charge in [-0.05, 0) is 33.4 Å². The van der Waals surface area contributed by atoms with Crippen LogP contribution in [0.3, 0.4) is 0 Å². The number of esters is 1. The fourth-order valence-corrected chi connectivity index (χ4v) is 3.47. The van der Waals surface area contributed by atoms with E-state index in [9.17, 15) is 9.59 Å². The molecule has 3 aromatic rings. The van der Waals surface area contributed by atoms with Gasteiger partial charge in [0.25, 0.3) is 5.78 Å². The SMILES string of the molecule is COC(=O)C(=O)c1ccc(Oc2nc(N3CCOCC3)ncc2Br)c2ccccc12. The number of anilines is 1. The van der Waals surface area contributed by atoms with Gasteiger partial charge in [0.15, 0.2) is 0 Å². The van der Waals surface area contributed by atoms with Crippen molar-refractivity contribution >= 4 is 44.4 Å². The second-order valence-corrected chi connectivity index (χ2v) is 7.36. The van der Waals surface area contributed by atoms with E-state index in [0.717, 1.165) is 0 Å². The van der Waals surface area contributed by atoms with E-state index in [1.165, 1.54) is 7.11 Å². The van der Waals surface area contributed by atoms with Crippen molar-refractivity contribution in [2.45, 2.75) is 0 Å². The van der Waals surface area contributed by atoms with E-state index in [2.05, 4.69) is 30.6 Å². The van der Waals surface area contributed by atoms with Crippen LogP contribution in [0.4, 0.5) is 5.95 Å². The van der Waals surface area contributed by atoms with Crippen molar-refractivity contribution in [3.8, 4) is 11.6 Å². The molecule has 154 valence electrons. The molecular formula is C21H18BrN3O5. The van der Waals surface area contributed by atoms with Crippen LogP contribution < -0.4 is 9.64 Å². The number of hydrogen-bond acceptors (Lipinski definition) is 8. The van der Waals surface area contributed by atoms with Crippen molar-refractivity contribution in [3.63, 3.8) is 0 Å². The molecule has 2 aromatic carbocycles. The summed E-state index contributed by atoms with van der Waals surface area (Å²) in [5.74, 6) is -0.220. The topological polar surface area (TPSA) is 90.9 Å². The molecule has 0 amide bonds. The van der Waals surface area contributed by atoms with Gasteiger partial charge in [0.1, 0.15) is 5.75 Å². The zero-order valence-corrected chi connectivity index (χ0v) is 17.7. The molecule has 8 nitrogen and oxygen atoms in total. The average molecular weight is 472 g/mol. The zero-order valence-electron chi connectivity index (χ0n) is 16.1. The van der Waals surface area contributed by atoms with Gasteiger partial charge in [0, 0.05) is 24.0 Å². The van der Waals surface area contributed by atoms with Crippen LogP contribution in [-0.4, -0.2) is 55.1 Å². The van der Waals surface area contributed by atoms with Gasteiger partial charge in [-0.2, -0.15) is 4.98 Å². The number of halogens is 1. The number of carbonyl (C=O) groups excluding carboxylic acids is 2. The lowest BCUT2D eigenvalue weighted by atomic mass is 10.0. The lowest BCUT2D eigenvalue weighted by molar-refractivity contribution is -0.135. The maximum atomic E-state index is 12.4. The van der Waals surface area contributed by atoms with E-state index < -0.39 is 11.8 Å². The van der Waals surface area contributed by atoms with Crippen LogP contribution in [0, 0.1) is 0 Å². The number of benzene rings is 2. The molecule has 1 aliphatic rings. The molecule has 0 saturated carbocycles. The number of ketones is 1. The molecule has 0 atom stereocenters. The smallest absolute Gasteiger partial charge is 0.379 e. The molecule has 0 unspecified atom stereocenters. The second-order valence-electron chi connectivity index (χ2n) is 6.50. The van der Waals surface area contributed by atoms with Crippen LogP contribution in [0.1, 0.15) is 10.4 Å². The van der Waals surface area contributed by atoms with Gasteiger partial charge in [0.2, 0.25) is 11.8 Å². The van der Waals surface area contributed by atoms with E-state index in [1.807, 2.05) is 17.0 Å². The summed E-state index contributed by atoms with van der Waals surface area (Å²) in [5, 5.41) is 1.26. The molecule has 1 saturated heterocycles. The second kappa shape index (κ2) is 8.76. The summed E-state index contributed by atoms with van der Waals surface area (Å²) < 4.78 is 16.6. The molecule has 2 heterocycles. The highest BCUT2D eigenvalue weighted by Crippen LogP contribution is 2.35. The monoisotopic (exact) mass is 471 g/mol. The maximum absolute atomic E-state index is 12.4. The minimum absolute atomic E-state index is 0.251. The van der Waals surface area contributed by atoms with E-state index >= 15 is 0 Å². The highest BCUT2D eigenvalue weighted by Gasteiger charge is 2.21. The Kier molecular flexibility index (Phi) is 5.91. The summed E-state index contributed by atoms with van der Waals surface area (Å²) in [7, 11) is 1.18. The summed E-state index contributed by atoms with van der Waals surface area (Å²) in [4.78, 5) is 35.0. The van der Waals surface area contributed by atoms with Crippen LogP contribution in [-0.2, 0) is 14.3 Å². The van der Waals surface area contributed by atoms with Gasteiger partial charge in [-0.1, -0.05) is 24.3 Å². The summed E-state index contributed by atoms with van der Waals surface area (Å²) in [5.41, 5.74) is 0.251. The first kappa shape index (κ1) is 20.2. The van der Waals surface area contributed by atoms with Crippen molar-refractivity contribution in [2.24, 2.45) is 0 Å². The molecule has 1 aliphatic heterocycles. The number of Topliss-reactive ketones (excluding diaryl/α,β-unsaturated/α-hetero) is 1. The van der Waals surface area contributed by atoms with Crippen molar-refractivity contribution in [2.75, 3.05) is 38.3 Å². The fourth-order valence-electron chi connectivity index (χ4n) is 3.20. The molecule has 0 bridgehead atoms. The largest absolute Gasteiger partial charge is 0.463 e. The molecule has 0 N–H and O–H groups in total. The first-order valence-electron chi connectivity index (χ1n) is 9.26. The van der Waals surface area contributed by atoms with Crippen LogP contribution in [0.2, 0.25) is 0 Å². The first-order chi connectivity index (χ1) is 14.6. The number of fused-ring (bicyclic) bond motifs is 1. The Balaban J connectivity index is 1.71. The maximum Gasteiger partial charge on any atom is 0.379 e. The van der Waals surface area contributed by atoms with E-state index in [0.29, 0.717) is 59.1 Å². The van der Waals surface area contributed by atoms with Gasteiger partial charge < -0.3 is 19.1 Å². The predicted molar refractivity (Wildman–Crippen MR) is 113 cm³/mol. The molecule has 0 aliphatic carbocycles. The van der Waals surface area contributed by atoms with E-state index in [4.69, 9.17) is 9.47 Å². The Labute approximate surface area is 180 Å². The quantitative estimate of drug-likeness (QED) is 0.317. The number of morpholine rings is 1. The van der Waals surface area contributed by atoms with Crippen molar-refractivity contribution < 1.29 is 23.8 Å². The third-order valence-corrected chi connectivity index (χ3v) is 5.24. The van der Waals surface area contributed by atoms with Gasteiger partial charge >= 0.3 is 5.97 Å². The van der Waals surface area contributed by atoms with Crippen molar-refractivity contribution in [1.29, 1.82) is 0 Å². The number of methoxy groups -OCH3 is 1. The Morgan fingerprint density at radius 2 is 1.83 bits per heavy atom. The number of ether oxygens (including phenoxy) is 3. The van der Waals surface area contributed by atoms with Crippen LogP contribution >= 0.6 is 15.9 Å². The first-order valence-corrected chi connectivity index (χ1v) is 10.0. The minimum Gasteiger partial charge on any atom is -0.463 e. The molecule has 1 aromatic heterocycles. The molecule has 0 spiro atoms. The summed E-state index contributed by atoms with van der Waals surface area (Å²) in [6.45, 7) is 2.65. The number of aromatic nitrogens is 2. The third kappa shape index (κ3) is 3.99. The fraction of sp³-hybridized carbons (Fsp3) is 0.238. The highest BCUT2D eigenvalue weighted by molar-refractivity contribution is 9.10. The van der Waals surface area contributed by atoms with Gasteiger partial charge in [-0.25, -0.2) is 9.78 Å². The molecule has 0 radical (unpaired) electrons. The normalized spacial score (nSPS) is 13.9. The van der Waals surface area contributed by atoms with Crippen LogP contribution in [0.15, 0.2) is 47.1 Å². The Morgan fingerprint density at radius 1 is 1.10 bits per heavy atom. The molecule has 9 heteroatoms. The van der Waals surface area contributed by atoms with Crippen LogP contribution in [0.5, 0.6) is 11.6 Å². The molecule has 1 fully saturated rings. The summed E-state index contributed by atoms with van der Waals surface area (Å²) >= 11 is 3.43. The van der Waals surface area contributed by atoms with Crippen molar-refractivity contribution in [3.05, 3.63) is 52.6 Å². The van der Waals surface area contributed by atoms with Crippen molar-refractivity contribution in [1.82, 2.24) is 9.97 Å². The number of nitrogens with zero attached hydrogens (tertiary/aromatic N) is 3. The zero-order chi connectivity index (χ0) is 21.1. The van der Waals surface area contributed by atoms with Crippen LogP contribution in [0.25, 0.3) is 10.8 Å². The molecule has 4 rings (SSSR count). The lowest BCUT2D eigenvalue weighted by Gasteiger charge is -2.26. The van der Waals surface area contributed by atoms with Gasteiger partial charge in [-0.15, -0.1) is 0 Å². The predicted octanol–water partition coefficient (Wildman–Crippen LogP) is 3.38. The minimum atomic E-state index is -0.914. The molecule has 30 heavy (non-hydrogen) atoms. The third-order valence-electron chi connectivity index (χ3n) is 4.70. The van der Waals surface area contributed by atoms with Gasteiger partial charge in [0.05, 0.1) is 31.0 Å². The number of carbonyl (C=O) groups is 2. The summed E-state index contributed by atoms with van der Waals surface area (Å²) in [6, 6.07) is 10.4. The standard InChI is InChI=1S/C21H18BrN3O5/c1-28-20(27)18(26)15-6-7-17(14-5-3-2-4-13(14)15)30-19-16(22)12-23-21(24-19)25-8-10-29-11-9-25/h2-7,12H,8-11H2,1H3. The Morgan fingerprint density at radius 3 is 2.57 bits per heavy atom. The lowest BCUT2D eigenvalue weighted by Crippen LogP contribution is -2.37. The van der Waals surface area contributed by atoms with Gasteiger partial charge in [-0.3, -0.25) is 4.79 Å². The Bertz CT molecular complexity index is 1110. The average Bonchev–Trinajstić information content (AvgIpc) is 2.80. The Hall–Kier alpha value is -3.04. The molecular weight excluding hydrogens is 454 g/mol. The number of rotatable bonds is 5.